The standard InChI is InChI=1S/C18H16N4O4/c1-22-15-12(17(24)21-18(22)25)8-10(9-19-15)16(23)20-13-6-7-26-14-5-3-2-4-11(13)14/h2-5,8-9,13H,6-7H2,1H3,(H,20,23)(H,21,24,25)/t13-/m1/s1. The van der Waals surface area contributed by atoms with Gasteiger partial charge in [-0.3, -0.25) is 19.1 Å². The van der Waals surface area contributed by atoms with Crippen molar-refractivity contribution < 1.29 is 9.53 Å². The summed E-state index contributed by atoms with van der Waals surface area (Å²) in [6.07, 6.45) is 2.01. The van der Waals surface area contributed by atoms with Gasteiger partial charge >= 0.3 is 5.69 Å². The second-order valence-electron chi connectivity index (χ2n) is 6.11. The molecule has 26 heavy (non-hydrogen) atoms. The van der Waals surface area contributed by atoms with Crippen molar-refractivity contribution in [2.24, 2.45) is 7.05 Å². The minimum Gasteiger partial charge on any atom is -0.493 e. The Kier molecular flexibility index (Phi) is 3.80. The van der Waals surface area contributed by atoms with Gasteiger partial charge in [0.2, 0.25) is 0 Å². The second-order valence-corrected chi connectivity index (χ2v) is 6.11. The monoisotopic (exact) mass is 352 g/mol. The van der Waals surface area contributed by atoms with Gasteiger partial charge in [0.15, 0.2) is 0 Å². The molecule has 2 aromatic heterocycles. The lowest BCUT2D eigenvalue weighted by Gasteiger charge is -2.26. The number of pyridine rings is 1. The molecule has 4 rings (SSSR count). The van der Waals surface area contributed by atoms with Crippen molar-refractivity contribution >= 4 is 16.9 Å². The zero-order valence-corrected chi connectivity index (χ0v) is 14.0. The Hall–Kier alpha value is -3.42. The SMILES string of the molecule is Cn1c(=O)[nH]c(=O)c2cc(C(=O)N[C@@H]3CCOc4ccccc43)cnc21. The van der Waals surface area contributed by atoms with Crippen LogP contribution in [-0.2, 0) is 7.05 Å². The van der Waals surface area contributed by atoms with Gasteiger partial charge in [0.1, 0.15) is 11.4 Å². The van der Waals surface area contributed by atoms with Crippen molar-refractivity contribution in [3.05, 3.63) is 68.5 Å². The molecule has 0 bridgehead atoms. The van der Waals surface area contributed by atoms with E-state index in [0.717, 1.165) is 11.3 Å². The van der Waals surface area contributed by atoms with E-state index in [2.05, 4.69) is 15.3 Å². The molecule has 0 spiro atoms. The van der Waals surface area contributed by atoms with Gasteiger partial charge < -0.3 is 10.1 Å². The zero-order chi connectivity index (χ0) is 18.3. The number of carbonyl (C=O) groups is 1. The first-order valence-electron chi connectivity index (χ1n) is 8.16. The number of ether oxygens (including phenoxy) is 1. The summed E-state index contributed by atoms with van der Waals surface area (Å²) in [5, 5.41) is 3.15. The molecule has 1 aliphatic heterocycles. The number of aromatic nitrogens is 3. The Morgan fingerprint density at radius 3 is 3.00 bits per heavy atom. The fourth-order valence-corrected chi connectivity index (χ4v) is 3.09. The lowest BCUT2D eigenvalue weighted by Crippen LogP contribution is -2.33. The molecule has 3 aromatic rings. The van der Waals surface area contributed by atoms with E-state index in [1.54, 1.807) is 0 Å². The Morgan fingerprint density at radius 2 is 2.15 bits per heavy atom. The number of aryl methyl sites for hydroxylation is 1. The number of hydrogen-bond acceptors (Lipinski definition) is 5. The van der Waals surface area contributed by atoms with Crippen LogP contribution in [0.3, 0.4) is 0 Å². The van der Waals surface area contributed by atoms with Crippen molar-refractivity contribution in [1.29, 1.82) is 0 Å². The van der Waals surface area contributed by atoms with Crippen LogP contribution < -0.4 is 21.3 Å². The average molecular weight is 352 g/mol. The second kappa shape index (κ2) is 6.14. The van der Waals surface area contributed by atoms with Gasteiger partial charge in [0, 0.05) is 25.2 Å². The molecule has 132 valence electrons. The predicted molar refractivity (Wildman–Crippen MR) is 94.4 cm³/mol. The minimum absolute atomic E-state index is 0.179. The summed E-state index contributed by atoms with van der Waals surface area (Å²) in [5.41, 5.74) is 0.283. The first kappa shape index (κ1) is 16.1. The van der Waals surface area contributed by atoms with E-state index in [1.807, 2.05) is 24.3 Å². The van der Waals surface area contributed by atoms with Gasteiger partial charge in [-0.1, -0.05) is 18.2 Å². The van der Waals surface area contributed by atoms with E-state index >= 15 is 0 Å². The van der Waals surface area contributed by atoms with Gasteiger partial charge in [0.25, 0.3) is 11.5 Å². The summed E-state index contributed by atoms with van der Waals surface area (Å²) >= 11 is 0. The largest absolute Gasteiger partial charge is 0.493 e. The van der Waals surface area contributed by atoms with Crippen molar-refractivity contribution in [2.75, 3.05) is 6.61 Å². The highest BCUT2D eigenvalue weighted by Crippen LogP contribution is 2.31. The van der Waals surface area contributed by atoms with E-state index in [0.29, 0.717) is 13.0 Å². The third-order valence-electron chi connectivity index (χ3n) is 4.48. The van der Waals surface area contributed by atoms with Crippen LogP contribution in [0.1, 0.15) is 28.4 Å². The molecule has 0 fully saturated rings. The van der Waals surface area contributed by atoms with Gasteiger partial charge in [-0.2, -0.15) is 0 Å². The molecular formula is C18H16N4O4. The maximum Gasteiger partial charge on any atom is 0.329 e. The molecule has 3 heterocycles. The fraction of sp³-hybridized carbons (Fsp3) is 0.222. The first-order valence-corrected chi connectivity index (χ1v) is 8.16. The molecule has 0 saturated heterocycles. The molecule has 0 aliphatic carbocycles. The van der Waals surface area contributed by atoms with Crippen LogP contribution in [0.25, 0.3) is 11.0 Å². The van der Waals surface area contributed by atoms with E-state index in [-0.39, 0.29) is 28.5 Å². The van der Waals surface area contributed by atoms with Crippen LogP contribution in [0.5, 0.6) is 5.75 Å². The summed E-state index contributed by atoms with van der Waals surface area (Å²) in [7, 11) is 1.51. The van der Waals surface area contributed by atoms with Crippen molar-refractivity contribution in [2.45, 2.75) is 12.5 Å². The number of fused-ring (bicyclic) bond motifs is 2. The Bertz CT molecular complexity index is 1130. The Morgan fingerprint density at radius 1 is 1.35 bits per heavy atom. The highest BCUT2D eigenvalue weighted by molar-refractivity contribution is 5.97. The number of aromatic amines is 1. The summed E-state index contributed by atoms with van der Waals surface area (Å²) in [6.45, 7) is 0.514. The van der Waals surface area contributed by atoms with Crippen LogP contribution in [0.4, 0.5) is 0 Å². The van der Waals surface area contributed by atoms with Gasteiger partial charge in [0.05, 0.1) is 23.6 Å². The number of hydrogen-bond donors (Lipinski definition) is 2. The van der Waals surface area contributed by atoms with Crippen LogP contribution >= 0.6 is 0 Å². The highest BCUT2D eigenvalue weighted by Gasteiger charge is 2.23. The smallest absolute Gasteiger partial charge is 0.329 e. The lowest BCUT2D eigenvalue weighted by molar-refractivity contribution is 0.0924. The molecular weight excluding hydrogens is 336 g/mol. The van der Waals surface area contributed by atoms with Gasteiger partial charge in [-0.05, 0) is 12.1 Å². The third-order valence-corrected chi connectivity index (χ3v) is 4.48. The number of para-hydroxylation sites is 1. The van der Waals surface area contributed by atoms with Crippen molar-refractivity contribution in [3.63, 3.8) is 0 Å². The number of amides is 1. The molecule has 8 heteroatoms. The predicted octanol–water partition coefficient (Wildman–Crippen LogP) is 0.875. The number of rotatable bonds is 2. The maximum atomic E-state index is 12.7. The summed E-state index contributed by atoms with van der Waals surface area (Å²) in [6, 6.07) is 8.82. The Labute approximate surface area is 147 Å². The summed E-state index contributed by atoms with van der Waals surface area (Å²) in [4.78, 5) is 42.6. The third kappa shape index (κ3) is 2.65. The number of H-pyrrole nitrogens is 1. The van der Waals surface area contributed by atoms with Crippen LogP contribution in [0.15, 0.2) is 46.1 Å². The normalized spacial score (nSPS) is 16.0. The molecule has 0 unspecified atom stereocenters. The molecule has 0 radical (unpaired) electrons. The number of carbonyl (C=O) groups excluding carboxylic acids is 1. The van der Waals surface area contributed by atoms with E-state index in [1.165, 1.54) is 23.9 Å². The van der Waals surface area contributed by atoms with E-state index in [9.17, 15) is 14.4 Å². The number of nitrogens with zero attached hydrogens (tertiary/aromatic N) is 2. The molecule has 0 saturated carbocycles. The van der Waals surface area contributed by atoms with Gasteiger partial charge in [-0.25, -0.2) is 9.78 Å². The van der Waals surface area contributed by atoms with Crippen LogP contribution in [-0.4, -0.2) is 27.0 Å². The van der Waals surface area contributed by atoms with E-state index in [4.69, 9.17) is 4.74 Å². The molecule has 1 aromatic carbocycles. The molecule has 1 amide bonds. The summed E-state index contributed by atoms with van der Waals surface area (Å²) in [5.74, 6) is 0.418. The first-order chi connectivity index (χ1) is 12.5. The maximum absolute atomic E-state index is 12.7. The topological polar surface area (TPSA) is 106 Å². The van der Waals surface area contributed by atoms with Gasteiger partial charge in [-0.15, -0.1) is 0 Å². The quantitative estimate of drug-likeness (QED) is 0.712. The fourth-order valence-electron chi connectivity index (χ4n) is 3.09. The van der Waals surface area contributed by atoms with Crippen LogP contribution in [0.2, 0.25) is 0 Å². The van der Waals surface area contributed by atoms with E-state index < -0.39 is 11.2 Å². The number of nitrogens with one attached hydrogen (secondary N) is 2. The minimum atomic E-state index is -0.568. The zero-order valence-electron chi connectivity index (χ0n) is 14.0. The average Bonchev–Trinajstić information content (AvgIpc) is 2.66. The molecule has 8 nitrogen and oxygen atoms in total. The highest BCUT2D eigenvalue weighted by atomic mass is 16.5. The van der Waals surface area contributed by atoms with Crippen molar-refractivity contribution in [3.8, 4) is 5.75 Å². The van der Waals surface area contributed by atoms with Crippen LogP contribution in [0, 0.1) is 0 Å². The summed E-state index contributed by atoms with van der Waals surface area (Å²) < 4.78 is 6.83. The molecule has 1 atom stereocenters. The lowest BCUT2D eigenvalue weighted by atomic mass is 10.0. The number of benzene rings is 1. The molecule has 2 N–H and O–H groups in total. The molecule has 1 aliphatic rings. The van der Waals surface area contributed by atoms with Crippen molar-refractivity contribution in [1.82, 2.24) is 19.9 Å². The Balaban J connectivity index is 1.68.